The molecule has 25 heavy (non-hydrogen) atoms. The third kappa shape index (κ3) is 4.48. The van der Waals surface area contributed by atoms with Crippen molar-refractivity contribution in [2.75, 3.05) is 13.2 Å². The van der Waals surface area contributed by atoms with Crippen molar-refractivity contribution in [1.29, 1.82) is 0 Å². The maximum atomic E-state index is 12.6. The first kappa shape index (κ1) is 22.2. The summed E-state index contributed by atoms with van der Waals surface area (Å²) in [7, 11) is 0. The fraction of sp³-hybridized carbons (Fsp3) is 0.611. The summed E-state index contributed by atoms with van der Waals surface area (Å²) in [5.74, 6) is 0.605. The number of nitrogens with two attached hydrogens (primary N) is 1. The second-order valence-corrected chi connectivity index (χ2v) is 7.76. The summed E-state index contributed by atoms with van der Waals surface area (Å²) < 4.78 is 12.4. The van der Waals surface area contributed by atoms with Crippen LogP contribution in [0.5, 0.6) is 5.75 Å². The summed E-state index contributed by atoms with van der Waals surface area (Å²) >= 11 is 3.45. The number of hydrogen-bond donors (Lipinski definition) is 2. The van der Waals surface area contributed by atoms with E-state index in [0.717, 1.165) is 10.2 Å². The largest absolute Gasteiger partial charge is 0.488 e. The van der Waals surface area contributed by atoms with Crippen LogP contribution in [0.3, 0.4) is 0 Å². The van der Waals surface area contributed by atoms with Crippen LogP contribution in [0.25, 0.3) is 0 Å². The van der Waals surface area contributed by atoms with Crippen LogP contribution in [-0.2, 0) is 9.53 Å². The fourth-order valence-corrected chi connectivity index (χ4v) is 3.39. The molecule has 0 saturated heterocycles. The maximum absolute atomic E-state index is 12.6. The van der Waals surface area contributed by atoms with Gasteiger partial charge in [-0.1, -0.05) is 26.0 Å². The zero-order valence-corrected chi connectivity index (χ0v) is 17.6. The Morgan fingerprint density at radius 3 is 2.64 bits per heavy atom. The molecule has 1 fully saturated rings. The Labute approximate surface area is 164 Å². The Hall–Kier alpha value is -0.820. The SMILES string of the molecule is CCOC1CC(N)(C(=O)NCC(C)Oc2ccccc2Br)C1(C)C.Cl. The van der Waals surface area contributed by atoms with Gasteiger partial charge in [-0.15, -0.1) is 12.4 Å². The van der Waals surface area contributed by atoms with E-state index in [-0.39, 0.29) is 35.9 Å². The van der Waals surface area contributed by atoms with Gasteiger partial charge in [-0.25, -0.2) is 0 Å². The van der Waals surface area contributed by atoms with Gasteiger partial charge in [-0.2, -0.15) is 0 Å². The number of ether oxygens (including phenoxy) is 2. The number of carbonyl (C=O) groups is 1. The van der Waals surface area contributed by atoms with Crippen LogP contribution in [0.15, 0.2) is 28.7 Å². The summed E-state index contributed by atoms with van der Waals surface area (Å²) in [6.45, 7) is 8.86. The van der Waals surface area contributed by atoms with E-state index in [2.05, 4.69) is 21.2 Å². The summed E-state index contributed by atoms with van der Waals surface area (Å²) in [5.41, 5.74) is 5.08. The minimum absolute atomic E-state index is 0. The topological polar surface area (TPSA) is 73.6 Å². The van der Waals surface area contributed by atoms with Crippen LogP contribution in [0.4, 0.5) is 0 Å². The van der Waals surface area contributed by atoms with Crippen molar-refractivity contribution in [3.05, 3.63) is 28.7 Å². The molecule has 3 atom stereocenters. The normalized spacial score (nSPS) is 25.3. The average Bonchev–Trinajstić information content (AvgIpc) is 2.54. The van der Waals surface area contributed by atoms with Crippen LogP contribution in [-0.4, -0.2) is 36.8 Å². The number of amides is 1. The third-order valence-electron chi connectivity index (χ3n) is 4.95. The Morgan fingerprint density at radius 2 is 2.08 bits per heavy atom. The molecule has 1 saturated carbocycles. The second-order valence-electron chi connectivity index (χ2n) is 6.91. The molecule has 7 heteroatoms. The van der Waals surface area contributed by atoms with Gasteiger partial charge < -0.3 is 20.5 Å². The van der Waals surface area contributed by atoms with Gasteiger partial charge in [0.15, 0.2) is 0 Å². The molecule has 1 aromatic carbocycles. The van der Waals surface area contributed by atoms with Crippen LogP contribution in [0.1, 0.15) is 34.1 Å². The number of benzene rings is 1. The van der Waals surface area contributed by atoms with E-state index >= 15 is 0 Å². The van der Waals surface area contributed by atoms with Crippen molar-refractivity contribution in [2.24, 2.45) is 11.1 Å². The summed E-state index contributed by atoms with van der Waals surface area (Å²) in [6, 6.07) is 7.63. The number of nitrogens with one attached hydrogen (secondary N) is 1. The van der Waals surface area contributed by atoms with Crippen LogP contribution >= 0.6 is 28.3 Å². The lowest BCUT2D eigenvalue weighted by atomic mass is 9.54. The molecule has 1 aromatic rings. The van der Waals surface area contributed by atoms with E-state index in [9.17, 15) is 4.79 Å². The molecule has 1 amide bonds. The highest BCUT2D eigenvalue weighted by molar-refractivity contribution is 9.10. The highest BCUT2D eigenvalue weighted by atomic mass is 79.9. The van der Waals surface area contributed by atoms with Gasteiger partial charge in [0.25, 0.3) is 0 Å². The number of halogens is 2. The lowest BCUT2D eigenvalue weighted by Crippen LogP contribution is -2.76. The summed E-state index contributed by atoms with van der Waals surface area (Å²) in [4.78, 5) is 12.6. The van der Waals surface area contributed by atoms with Crippen molar-refractivity contribution in [3.8, 4) is 5.75 Å². The molecule has 0 aliphatic heterocycles. The van der Waals surface area contributed by atoms with Crippen LogP contribution in [0, 0.1) is 5.41 Å². The first-order valence-corrected chi connectivity index (χ1v) is 9.11. The number of rotatable bonds is 7. The molecule has 0 spiro atoms. The van der Waals surface area contributed by atoms with E-state index in [1.807, 2.05) is 52.0 Å². The molecule has 142 valence electrons. The van der Waals surface area contributed by atoms with Gasteiger partial charge in [0.1, 0.15) is 17.4 Å². The van der Waals surface area contributed by atoms with E-state index in [4.69, 9.17) is 15.2 Å². The Bertz CT molecular complexity index is 599. The third-order valence-corrected chi connectivity index (χ3v) is 5.61. The van der Waals surface area contributed by atoms with Crippen LogP contribution < -0.4 is 15.8 Å². The minimum atomic E-state index is -0.903. The first-order chi connectivity index (χ1) is 11.2. The quantitative estimate of drug-likeness (QED) is 0.689. The second kappa shape index (κ2) is 8.71. The van der Waals surface area contributed by atoms with E-state index in [1.165, 1.54) is 0 Å². The Kier molecular flexibility index (Phi) is 7.74. The molecular formula is C18H28BrClN2O3. The van der Waals surface area contributed by atoms with E-state index in [0.29, 0.717) is 19.6 Å². The highest BCUT2D eigenvalue weighted by Crippen LogP contribution is 2.49. The van der Waals surface area contributed by atoms with Crippen molar-refractivity contribution in [3.63, 3.8) is 0 Å². The van der Waals surface area contributed by atoms with E-state index in [1.54, 1.807) is 0 Å². The molecule has 0 radical (unpaired) electrons. The zero-order chi connectivity index (χ0) is 18.0. The van der Waals surface area contributed by atoms with Crippen molar-refractivity contribution >= 4 is 34.2 Å². The Morgan fingerprint density at radius 1 is 1.44 bits per heavy atom. The van der Waals surface area contributed by atoms with Gasteiger partial charge in [-0.3, -0.25) is 4.79 Å². The number of carbonyl (C=O) groups excluding carboxylic acids is 1. The predicted octanol–water partition coefficient (Wildman–Crippen LogP) is 3.29. The first-order valence-electron chi connectivity index (χ1n) is 8.32. The van der Waals surface area contributed by atoms with Crippen molar-refractivity contribution in [1.82, 2.24) is 5.32 Å². The zero-order valence-electron chi connectivity index (χ0n) is 15.2. The lowest BCUT2D eigenvalue weighted by molar-refractivity contribution is -0.170. The van der Waals surface area contributed by atoms with Gasteiger partial charge in [0.05, 0.1) is 17.1 Å². The molecule has 0 aromatic heterocycles. The molecule has 1 aliphatic carbocycles. The fourth-order valence-electron chi connectivity index (χ4n) is 3.01. The maximum Gasteiger partial charge on any atom is 0.240 e. The summed E-state index contributed by atoms with van der Waals surface area (Å²) in [5, 5.41) is 2.92. The van der Waals surface area contributed by atoms with Gasteiger partial charge >= 0.3 is 0 Å². The smallest absolute Gasteiger partial charge is 0.240 e. The molecule has 0 heterocycles. The highest BCUT2D eigenvalue weighted by Gasteiger charge is 2.62. The molecule has 1 aliphatic rings. The Balaban J connectivity index is 0.00000312. The summed E-state index contributed by atoms with van der Waals surface area (Å²) in [6.07, 6.45) is 0.397. The van der Waals surface area contributed by atoms with Gasteiger partial charge in [-0.05, 0) is 41.9 Å². The molecule has 5 nitrogen and oxygen atoms in total. The molecule has 0 bridgehead atoms. The van der Waals surface area contributed by atoms with Gasteiger partial charge in [0, 0.05) is 18.4 Å². The number of para-hydroxylation sites is 1. The van der Waals surface area contributed by atoms with Crippen LogP contribution in [0.2, 0.25) is 0 Å². The molecule has 3 unspecified atom stereocenters. The molecule has 3 N–H and O–H groups in total. The average molecular weight is 436 g/mol. The minimum Gasteiger partial charge on any atom is -0.488 e. The van der Waals surface area contributed by atoms with Gasteiger partial charge in [0.2, 0.25) is 5.91 Å². The van der Waals surface area contributed by atoms with Crippen molar-refractivity contribution < 1.29 is 14.3 Å². The number of hydrogen-bond acceptors (Lipinski definition) is 4. The lowest BCUT2D eigenvalue weighted by Gasteiger charge is -2.57. The predicted molar refractivity (Wildman–Crippen MR) is 105 cm³/mol. The molecular weight excluding hydrogens is 408 g/mol. The molecule has 2 rings (SSSR count). The van der Waals surface area contributed by atoms with E-state index < -0.39 is 5.54 Å². The van der Waals surface area contributed by atoms with Crippen molar-refractivity contribution in [2.45, 2.75) is 51.9 Å². The standard InChI is InChI=1S/C18H27BrN2O3.ClH/c1-5-23-15-10-18(20,17(15,3)4)16(22)21-11-12(2)24-14-9-7-6-8-13(14)19;/h6-9,12,15H,5,10-11,20H2,1-4H3,(H,21,22);1H. The monoisotopic (exact) mass is 434 g/mol.